The SMILES string of the molecule is CC[C@H](CC(=O)O)N1C(=O)[C@@H](n2c(-c3ccccc3)c(-c3ccccc3)oc2=O)[C@H]1C=Cc1ccccc1. The second-order valence-electron chi connectivity index (χ2n) is 9.26. The number of aromatic nitrogens is 1. The van der Waals surface area contributed by atoms with E-state index in [2.05, 4.69) is 0 Å². The van der Waals surface area contributed by atoms with Crippen LogP contribution in [0.1, 0.15) is 31.4 Å². The van der Waals surface area contributed by atoms with Gasteiger partial charge in [0, 0.05) is 17.2 Å². The number of carbonyl (C=O) groups excluding carboxylic acids is 1. The summed E-state index contributed by atoms with van der Waals surface area (Å²) in [5.41, 5.74) is 2.92. The minimum Gasteiger partial charge on any atom is -0.481 e. The van der Waals surface area contributed by atoms with Crippen molar-refractivity contribution in [2.75, 3.05) is 0 Å². The molecule has 4 aromatic rings. The third-order valence-corrected chi connectivity index (χ3v) is 6.92. The first-order chi connectivity index (χ1) is 18.5. The van der Waals surface area contributed by atoms with E-state index in [9.17, 15) is 19.5 Å². The van der Waals surface area contributed by atoms with Crippen molar-refractivity contribution in [2.24, 2.45) is 0 Å². The van der Waals surface area contributed by atoms with Crippen LogP contribution >= 0.6 is 0 Å². The Labute approximate surface area is 220 Å². The standard InChI is InChI=1S/C31H28N2O5/c1-2-24(20-26(34)35)32-25(19-18-21-12-6-3-7-13-21)28(30(32)36)33-27(22-14-8-4-9-15-22)29(38-31(33)37)23-16-10-5-11-17-23/h3-19,24-25,28H,2,20H2,1H3,(H,34,35)/t24-,25-,28+/m1/s1. The average Bonchev–Trinajstić information content (AvgIpc) is 3.27. The van der Waals surface area contributed by atoms with Gasteiger partial charge in [0.2, 0.25) is 5.91 Å². The molecule has 0 spiro atoms. The van der Waals surface area contributed by atoms with E-state index >= 15 is 0 Å². The monoisotopic (exact) mass is 508 g/mol. The van der Waals surface area contributed by atoms with Crippen molar-refractivity contribution in [1.82, 2.24) is 9.47 Å². The van der Waals surface area contributed by atoms with Gasteiger partial charge >= 0.3 is 11.7 Å². The van der Waals surface area contributed by atoms with E-state index in [1.54, 1.807) is 4.90 Å². The normalized spacial score (nSPS) is 17.9. The van der Waals surface area contributed by atoms with Gasteiger partial charge in [0.1, 0.15) is 6.04 Å². The van der Waals surface area contributed by atoms with Crippen molar-refractivity contribution < 1.29 is 19.1 Å². The van der Waals surface area contributed by atoms with Crippen LogP contribution in [0.5, 0.6) is 0 Å². The summed E-state index contributed by atoms with van der Waals surface area (Å²) in [5, 5.41) is 9.49. The lowest BCUT2D eigenvalue weighted by Gasteiger charge is -2.49. The molecule has 5 rings (SSSR count). The molecule has 192 valence electrons. The van der Waals surface area contributed by atoms with Crippen LogP contribution in [0.3, 0.4) is 0 Å². The lowest BCUT2D eigenvalue weighted by Crippen LogP contribution is -2.65. The Morgan fingerprint density at radius 1 is 0.921 bits per heavy atom. The molecule has 1 aliphatic rings. The molecule has 38 heavy (non-hydrogen) atoms. The zero-order valence-electron chi connectivity index (χ0n) is 20.9. The minimum absolute atomic E-state index is 0.175. The highest BCUT2D eigenvalue weighted by Crippen LogP contribution is 2.41. The van der Waals surface area contributed by atoms with Crippen molar-refractivity contribution in [2.45, 2.75) is 37.9 Å². The Balaban J connectivity index is 1.66. The Bertz CT molecular complexity index is 1510. The van der Waals surface area contributed by atoms with Crippen LogP contribution in [0.15, 0.2) is 106 Å². The number of amides is 1. The molecule has 1 saturated heterocycles. The maximum atomic E-state index is 13.7. The highest BCUT2D eigenvalue weighted by molar-refractivity contribution is 5.91. The fourth-order valence-electron chi connectivity index (χ4n) is 5.10. The zero-order valence-corrected chi connectivity index (χ0v) is 20.9. The van der Waals surface area contributed by atoms with Gasteiger partial charge in [0.25, 0.3) is 0 Å². The molecule has 3 aromatic carbocycles. The Morgan fingerprint density at radius 2 is 1.50 bits per heavy atom. The molecule has 3 atom stereocenters. The first kappa shape index (κ1) is 25.0. The summed E-state index contributed by atoms with van der Waals surface area (Å²) in [7, 11) is 0. The van der Waals surface area contributed by atoms with Gasteiger partial charge in [-0.1, -0.05) is 110 Å². The topological polar surface area (TPSA) is 92.8 Å². The van der Waals surface area contributed by atoms with Crippen LogP contribution in [0, 0.1) is 0 Å². The summed E-state index contributed by atoms with van der Waals surface area (Å²) in [6.07, 6.45) is 4.07. The van der Waals surface area contributed by atoms with Gasteiger partial charge < -0.3 is 14.4 Å². The van der Waals surface area contributed by atoms with Crippen molar-refractivity contribution in [3.8, 4) is 22.6 Å². The number of carboxylic acids is 1. The van der Waals surface area contributed by atoms with E-state index in [1.807, 2.05) is 110 Å². The quantitative estimate of drug-likeness (QED) is 0.302. The van der Waals surface area contributed by atoms with Gasteiger partial charge in [-0.05, 0) is 12.0 Å². The summed E-state index contributed by atoms with van der Waals surface area (Å²) in [6, 6.07) is 26.4. The van der Waals surface area contributed by atoms with Gasteiger partial charge in [0.05, 0.1) is 18.2 Å². The molecule has 1 aliphatic heterocycles. The first-order valence-corrected chi connectivity index (χ1v) is 12.6. The average molecular weight is 509 g/mol. The lowest BCUT2D eigenvalue weighted by molar-refractivity contribution is -0.157. The van der Waals surface area contributed by atoms with Crippen molar-refractivity contribution in [3.05, 3.63) is 113 Å². The highest BCUT2D eigenvalue weighted by atomic mass is 16.4. The van der Waals surface area contributed by atoms with Gasteiger partial charge in [0.15, 0.2) is 5.76 Å². The molecule has 7 heteroatoms. The number of hydrogen-bond acceptors (Lipinski definition) is 4. The summed E-state index contributed by atoms with van der Waals surface area (Å²) < 4.78 is 7.24. The number of carboxylic acid groups (broad SMARTS) is 1. The number of likely N-dealkylation sites (tertiary alicyclic amines) is 1. The van der Waals surface area contributed by atoms with E-state index < -0.39 is 29.9 Å². The number of β-lactam (4-membered cyclic amide) rings is 1. The number of rotatable bonds is 9. The van der Waals surface area contributed by atoms with Gasteiger partial charge in [-0.15, -0.1) is 0 Å². The molecule has 7 nitrogen and oxygen atoms in total. The fraction of sp³-hybridized carbons (Fsp3) is 0.194. The summed E-state index contributed by atoms with van der Waals surface area (Å²) in [6.45, 7) is 1.86. The molecule has 0 saturated carbocycles. The number of oxazole rings is 1. The van der Waals surface area contributed by atoms with Crippen molar-refractivity contribution >= 4 is 18.0 Å². The van der Waals surface area contributed by atoms with Crippen molar-refractivity contribution in [3.63, 3.8) is 0 Å². The molecule has 1 fully saturated rings. The van der Waals surface area contributed by atoms with Crippen LogP contribution in [0.4, 0.5) is 0 Å². The van der Waals surface area contributed by atoms with Gasteiger partial charge in [-0.25, -0.2) is 4.79 Å². The Hall–Kier alpha value is -4.65. The largest absolute Gasteiger partial charge is 0.481 e. The molecular weight excluding hydrogens is 480 g/mol. The number of hydrogen-bond donors (Lipinski definition) is 1. The number of aliphatic carboxylic acids is 1. The lowest BCUT2D eigenvalue weighted by atomic mass is 9.88. The molecule has 0 bridgehead atoms. The first-order valence-electron chi connectivity index (χ1n) is 12.6. The highest BCUT2D eigenvalue weighted by Gasteiger charge is 2.52. The summed E-state index contributed by atoms with van der Waals surface area (Å²) in [5.74, 6) is -1.53. The number of carbonyl (C=O) groups is 2. The molecule has 0 radical (unpaired) electrons. The van der Waals surface area contributed by atoms with Crippen LogP contribution < -0.4 is 5.76 Å². The van der Waals surface area contributed by atoms with E-state index in [1.165, 1.54) is 4.57 Å². The second kappa shape index (κ2) is 10.8. The van der Waals surface area contributed by atoms with Crippen LogP contribution in [0.25, 0.3) is 28.7 Å². The van der Waals surface area contributed by atoms with Gasteiger partial charge in [-0.2, -0.15) is 0 Å². The molecule has 0 aliphatic carbocycles. The molecule has 1 aromatic heterocycles. The molecule has 1 N–H and O–H groups in total. The summed E-state index contributed by atoms with van der Waals surface area (Å²) in [4.78, 5) is 40.4. The molecular formula is C31H28N2O5. The zero-order chi connectivity index (χ0) is 26.6. The number of nitrogens with zero attached hydrogens (tertiary/aromatic N) is 2. The maximum Gasteiger partial charge on any atom is 0.420 e. The minimum atomic E-state index is -0.976. The Kier molecular flexibility index (Phi) is 7.09. The van der Waals surface area contributed by atoms with Gasteiger partial charge in [-0.3, -0.25) is 14.2 Å². The van der Waals surface area contributed by atoms with Crippen molar-refractivity contribution in [1.29, 1.82) is 0 Å². The predicted octanol–water partition coefficient (Wildman–Crippen LogP) is 5.49. The smallest absolute Gasteiger partial charge is 0.420 e. The third kappa shape index (κ3) is 4.70. The molecule has 2 heterocycles. The summed E-state index contributed by atoms with van der Waals surface area (Å²) >= 11 is 0. The van der Waals surface area contributed by atoms with E-state index in [0.717, 1.165) is 16.7 Å². The van der Waals surface area contributed by atoms with E-state index in [4.69, 9.17) is 4.42 Å². The van der Waals surface area contributed by atoms with Crippen LogP contribution in [0.2, 0.25) is 0 Å². The van der Waals surface area contributed by atoms with E-state index in [0.29, 0.717) is 17.9 Å². The fourth-order valence-corrected chi connectivity index (χ4v) is 5.10. The second-order valence-corrected chi connectivity index (χ2v) is 9.26. The third-order valence-electron chi connectivity index (χ3n) is 6.92. The molecule has 1 amide bonds. The predicted molar refractivity (Wildman–Crippen MR) is 145 cm³/mol. The van der Waals surface area contributed by atoms with Crippen LogP contribution in [-0.2, 0) is 9.59 Å². The number of benzene rings is 3. The molecule has 0 unspecified atom stereocenters. The Morgan fingerprint density at radius 3 is 2.08 bits per heavy atom. The van der Waals surface area contributed by atoms with Crippen LogP contribution in [-0.4, -0.2) is 38.5 Å². The maximum absolute atomic E-state index is 13.7. The van der Waals surface area contributed by atoms with E-state index in [-0.39, 0.29) is 12.3 Å².